The van der Waals surface area contributed by atoms with Gasteiger partial charge in [-0.2, -0.15) is 0 Å². The van der Waals surface area contributed by atoms with E-state index in [1.165, 1.54) is 18.2 Å². The van der Waals surface area contributed by atoms with Gasteiger partial charge < -0.3 is 14.0 Å². The maximum absolute atomic E-state index is 11.3. The summed E-state index contributed by atoms with van der Waals surface area (Å²) in [5.74, 6) is 2.08. The molecule has 0 fully saturated rings. The van der Waals surface area contributed by atoms with Gasteiger partial charge in [0.25, 0.3) is 0 Å². The van der Waals surface area contributed by atoms with Gasteiger partial charge in [0.1, 0.15) is 11.6 Å². The SMILES string of the molecule is CCCCc1nc2ccccc2n1Cc1ccc(OCCC(C)CC(=O)OC)cc1. The number of nitrogens with zero attached hydrogens (tertiary/aromatic N) is 2. The van der Waals surface area contributed by atoms with E-state index >= 15 is 0 Å². The Morgan fingerprint density at radius 2 is 1.90 bits per heavy atom. The van der Waals surface area contributed by atoms with Crippen LogP contribution in [-0.4, -0.2) is 29.2 Å². The first-order valence-electron chi connectivity index (χ1n) is 10.8. The first kappa shape index (κ1) is 21.9. The van der Waals surface area contributed by atoms with Gasteiger partial charge in [0, 0.05) is 19.4 Å². The number of esters is 1. The molecule has 1 unspecified atom stereocenters. The van der Waals surface area contributed by atoms with Gasteiger partial charge in [0.05, 0.1) is 24.8 Å². The Hall–Kier alpha value is -2.82. The van der Waals surface area contributed by atoms with Crippen molar-refractivity contribution in [2.24, 2.45) is 5.92 Å². The van der Waals surface area contributed by atoms with Crippen LogP contribution in [-0.2, 0) is 22.5 Å². The van der Waals surface area contributed by atoms with E-state index in [1.807, 2.05) is 25.1 Å². The summed E-state index contributed by atoms with van der Waals surface area (Å²) in [7, 11) is 1.42. The van der Waals surface area contributed by atoms with Gasteiger partial charge in [-0.3, -0.25) is 4.79 Å². The molecule has 0 N–H and O–H groups in total. The molecule has 0 bridgehead atoms. The molecule has 0 aliphatic carbocycles. The van der Waals surface area contributed by atoms with Crippen LogP contribution in [0, 0.1) is 5.92 Å². The Labute approximate surface area is 179 Å². The predicted octanol–water partition coefficient (Wildman–Crippen LogP) is 5.40. The molecular weight excluding hydrogens is 376 g/mol. The number of fused-ring (bicyclic) bond motifs is 1. The van der Waals surface area contributed by atoms with Crippen molar-refractivity contribution < 1.29 is 14.3 Å². The molecule has 0 spiro atoms. The van der Waals surface area contributed by atoms with Crippen molar-refractivity contribution in [3.8, 4) is 5.75 Å². The van der Waals surface area contributed by atoms with Gasteiger partial charge in [0.2, 0.25) is 0 Å². The zero-order valence-electron chi connectivity index (χ0n) is 18.3. The van der Waals surface area contributed by atoms with Crippen molar-refractivity contribution in [1.82, 2.24) is 9.55 Å². The molecule has 0 aliphatic heterocycles. The highest BCUT2D eigenvalue weighted by Crippen LogP contribution is 2.21. The number of hydrogen-bond acceptors (Lipinski definition) is 4. The Kier molecular flexibility index (Phi) is 7.89. The van der Waals surface area contributed by atoms with E-state index in [1.54, 1.807) is 0 Å². The van der Waals surface area contributed by atoms with Gasteiger partial charge in [-0.1, -0.05) is 44.5 Å². The van der Waals surface area contributed by atoms with Crippen LogP contribution in [0.3, 0.4) is 0 Å². The minimum atomic E-state index is -0.169. The Morgan fingerprint density at radius 3 is 2.63 bits per heavy atom. The third-order valence-electron chi connectivity index (χ3n) is 5.37. The molecular formula is C25H32N2O3. The summed E-state index contributed by atoms with van der Waals surface area (Å²) < 4.78 is 12.9. The number of methoxy groups -OCH3 is 1. The van der Waals surface area contributed by atoms with Crippen LogP contribution in [0.1, 0.15) is 50.9 Å². The van der Waals surface area contributed by atoms with Gasteiger partial charge >= 0.3 is 5.97 Å². The molecule has 0 amide bonds. The molecule has 30 heavy (non-hydrogen) atoms. The van der Waals surface area contributed by atoms with Crippen LogP contribution in [0.5, 0.6) is 5.75 Å². The summed E-state index contributed by atoms with van der Waals surface area (Å²) in [5.41, 5.74) is 3.47. The van der Waals surface area contributed by atoms with Crippen molar-refractivity contribution in [2.45, 2.75) is 52.5 Å². The zero-order chi connectivity index (χ0) is 21.3. The fourth-order valence-corrected chi connectivity index (χ4v) is 3.55. The highest BCUT2D eigenvalue weighted by atomic mass is 16.5. The van der Waals surface area contributed by atoms with Gasteiger partial charge in [0.15, 0.2) is 0 Å². The molecule has 0 aliphatic rings. The van der Waals surface area contributed by atoms with Gasteiger partial charge in [-0.05, 0) is 48.6 Å². The number of benzene rings is 2. The third-order valence-corrected chi connectivity index (χ3v) is 5.37. The Morgan fingerprint density at radius 1 is 1.13 bits per heavy atom. The summed E-state index contributed by atoms with van der Waals surface area (Å²) in [6, 6.07) is 16.6. The van der Waals surface area contributed by atoms with Crippen molar-refractivity contribution in [2.75, 3.05) is 13.7 Å². The smallest absolute Gasteiger partial charge is 0.305 e. The first-order valence-corrected chi connectivity index (χ1v) is 10.8. The number of rotatable bonds is 11. The number of aryl methyl sites for hydroxylation is 1. The van der Waals surface area contributed by atoms with Crippen LogP contribution < -0.4 is 4.74 Å². The molecule has 1 atom stereocenters. The number of unbranched alkanes of at least 4 members (excludes halogenated alkanes) is 1. The fraction of sp³-hybridized carbons (Fsp3) is 0.440. The van der Waals surface area contributed by atoms with E-state index in [0.29, 0.717) is 13.0 Å². The van der Waals surface area contributed by atoms with E-state index in [4.69, 9.17) is 14.5 Å². The molecule has 160 valence electrons. The zero-order valence-corrected chi connectivity index (χ0v) is 18.3. The number of para-hydroxylation sites is 2. The maximum atomic E-state index is 11.3. The highest BCUT2D eigenvalue weighted by Gasteiger charge is 2.11. The minimum absolute atomic E-state index is 0.169. The molecule has 1 aromatic heterocycles. The van der Waals surface area contributed by atoms with Crippen molar-refractivity contribution in [1.29, 1.82) is 0 Å². The summed E-state index contributed by atoms with van der Waals surface area (Å²) in [4.78, 5) is 16.2. The normalized spacial score (nSPS) is 12.1. The summed E-state index contributed by atoms with van der Waals surface area (Å²) in [5, 5.41) is 0. The quantitative estimate of drug-likeness (QED) is 0.399. The topological polar surface area (TPSA) is 53.4 Å². The first-order chi connectivity index (χ1) is 14.6. The lowest BCUT2D eigenvalue weighted by atomic mass is 10.1. The number of ether oxygens (including phenoxy) is 2. The van der Waals surface area contributed by atoms with Crippen molar-refractivity contribution in [3.63, 3.8) is 0 Å². The van der Waals surface area contributed by atoms with Gasteiger partial charge in [-0.25, -0.2) is 4.98 Å². The summed E-state index contributed by atoms with van der Waals surface area (Å²) >= 11 is 0. The second kappa shape index (κ2) is 10.8. The number of carbonyl (C=O) groups is 1. The molecule has 0 saturated carbocycles. The molecule has 0 radical (unpaired) electrons. The highest BCUT2D eigenvalue weighted by molar-refractivity contribution is 5.76. The largest absolute Gasteiger partial charge is 0.494 e. The number of carbonyl (C=O) groups excluding carboxylic acids is 1. The van der Waals surface area contributed by atoms with E-state index in [-0.39, 0.29) is 11.9 Å². The number of hydrogen-bond donors (Lipinski definition) is 0. The van der Waals surface area contributed by atoms with Gasteiger partial charge in [-0.15, -0.1) is 0 Å². The van der Waals surface area contributed by atoms with Crippen LogP contribution in [0.15, 0.2) is 48.5 Å². The van der Waals surface area contributed by atoms with Crippen LogP contribution >= 0.6 is 0 Å². The van der Waals surface area contributed by atoms with Crippen molar-refractivity contribution in [3.05, 3.63) is 59.9 Å². The fourth-order valence-electron chi connectivity index (χ4n) is 3.55. The third kappa shape index (κ3) is 5.85. The average molecular weight is 409 g/mol. The summed E-state index contributed by atoms with van der Waals surface area (Å²) in [6.07, 6.45) is 4.55. The van der Waals surface area contributed by atoms with Crippen LogP contribution in [0.4, 0.5) is 0 Å². The maximum Gasteiger partial charge on any atom is 0.305 e. The van der Waals surface area contributed by atoms with E-state index in [9.17, 15) is 4.79 Å². The van der Waals surface area contributed by atoms with Crippen LogP contribution in [0.2, 0.25) is 0 Å². The monoisotopic (exact) mass is 408 g/mol. The summed E-state index contributed by atoms with van der Waals surface area (Å²) in [6.45, 7) is 5.64. The standard InChI is InChI=1S/C25H32N2O3/c1-4-5-10-24-26-22-8-6-7-9-23(22)27(24)18-20-11-13-21(14-12-20)30-16-15-19(2)17-25(28)29-3/h6-9,11-14,19H,4-5,10,15-18H2,1-3H3. The Bertz CT molecular complexity index is 947. The van der Waals surface area contributed by atoms with Crippen molar-refractivity contribution >= 4 is 17.0 Å². The molecule has 3 aromatic rings. The number of aromatic nitrogens is 2. The lowest BCUT2D eigenvalue weighted by Crippen LogP contribution is -2.10. The van der Waals surface area contributed by atoms with E-state index in [2.05, 4.69) is 41.8 Å². The molecule has 1 heterocycles. The average Bonchev–Trinajstić information content (AvgIpc) is 3.10. The lowest BCUT2D eigenvalue weighted by molar-refractivity contribution is -0.141. The van der Waals surface area contributed by atoms with E-state index in [0.717, 1.165) is 49.3 Å². The Balaban J connectivity index is 1.61. The molecule has 3 rings (SSSR count). The molecule has 5 nitrogen and oxygen atoms in total. The molecule has 5 heteroatoms. The second-order valence-electron chi connectivity index (χ2n) is 7.87. The lowest BCUT2D eigenvalue weighted by Gasteiger charge is -2.12. The van der Waals surface area contributed by atoms with E-state index < -0.39 is 0 Å². The number of imidazole rings is 1. The molecule has 2 aromatic carbocycles. The predicted molar refractivity (Wildman–Crippen MR) is 120 cm³/mol. The second-order valence-corrected chi connectivity index (χ2v) is 7.87. The van der Waals surface area contributed by atoms with Crippen LogP contribution in [0.25, 0.3) is 11.0 Å². The minimum Gasteiger partial charge on any atom is -0.494 e. The molecule has 0 saturated heterocycles.